The molecular weight excluding hydrogens is 266 g/mol. The lowest BCUT2D eigenvalue weighted by Gasteiger charge is -1.99. The Morgan fingerprint density at radius 3 is 2.57 bits per heavy atom. The first-order valence-corrected chi connectivity index (χ1v) is 6.62. The largest absolute Gasteiger partial charge is 0.432 e. The van der Waals surface area contributed by atoms with Crippen LogP contribution in [0.15, 0.2) is 62.2 Å². The molecule has 102 valence electrons. The van der Waals surface area contributed by atoms with Crippen LogP contribution in [0.3, 0.4) is 0 Å². The van der Waals surface area contributed by atoms with Gasteiger partial charge in [-0.25, -0.2) is 9.78 Å². The Balaban J connectivity index is 2.08. The van der Waals surface area contributed by atoms with Gasteiger partial charge in [-0.15, -0.1) is 0 Å². The van der Waals surface area contributed by atoms with Gasteiger partial charge in [0.15, 0.2) is 11.2 Å². The molecule has 2 aromatic heterocycles. The van der Waals surface area contributed by atoms with Gasteiger partial charge in [-0.05, 0) is 36.8 Å². The van der Waals surface area contributed by atoms with Crippen LogP contribution in [0.25, 0.3) is 33.5 Å². The number of benzene rings is 2. The molecule has 0 aliphatic rings. The molecule has 4 rings (SSSR count). The van der Waals surface area contributed by atoms with Gasteiger partial charge in [-0.3, -0.25) is 0 Å². The van der Waals surface area contributed by atoms with Crippen molar-refractivity contribution in [2.45, 2.75) is 6.92 Å². The summed E-state index contributed by atoms with van der Waals surface area (Å²) < 4.78 is 11.1. The van der Waals surface area contributed by atoms with Crippen molar-refractivity contribution in [3.05, 3.63) is 64.5 Å². The molecule has 0 aliphatic heterocycles. The molecule has 0 amide bonds. The fourth-order valence-corrected chi connectivity index (χ4v) is 2.47. The molecule has 21 heavy (non-hydrogen) atoms. The maximum atomic E-state index is 11.6. The number of nitrogens with zero attached hydrogens (tertiary/aromatic N) is 1. The molecule has 0 N–H and O–H groups in total. The predicted molar refractivity (Wildman–Crippen MR) is 80.2 cm³/mol. The van der Waals surface area contributed by atoms with E-state index in [2.05, 4.69) is 4.98 Å². The van der Waals surface area contributed by atoms with E-state index in [0.29, 0.717) is 22.6 Å². The number of aromatic nitrogens is 1. The Labute approximate surface area is 119 Å². The molecule has 4 aromatic rings. The lowest BCUT2D eigenvalue weighted by Crippen LogP contribution is -1.97. The standard InChI is InChI=1S/C17H11NO3/c1-10-9-14(19)20-15-12(10)7-8-13-16(15)21-17(18-13)11-5-3-2-4-6-11/h2-9H,1H3. The minimum Gasteiger partial charge on any atom is -0.432 e. The Morgan fingerprint density at radius 2 is 1.76 bits per heavy atom. The SMILES string of the molecule is Cc1cc(=O)oc2c1ccc1nc(-c3ccccc3)oc12. The second-order valence-electron chi connectivity index (χ2n) is 4.92. The highest BCUT2D eigenvalue weighted by Crippen LogP contribution is 2.30. The number of rotatable bonds is 1. The molecule has 2 heterocycles. The molecule has 0 aliphatic carbocycles. The average Bonchev–Trinajstić information content (AvgIpc) is 2.92. The van der Waals surface area contributed by atoms with E-state index < -0.39 is 0 Å². The van der Waals surface area contributed by atoms with Crippen molar-refractivity contribution in [2.24, 2.45) is 0 Å². The van der Waals surface area contributed by atoms with Crippen LogP contribution in [0, 0.1) is 6.92 Å². The Kier molecular flexibility index (Phi) is 2.44. The zero-order valence-electron chi connectivity index (χ0n) is 11.3. The number of fused-ring (bicyclic) bond motifs is 3. The van der Waals surface area contributed by atoms with Crippen LogP contribution in [0.5, 0.6) is 0 Å². The second kappa shape index (κ2) is 4.31. The molecule has 0 atom stereocenters. The smallest absolute Gasteiger partial charge is 0.336 e. The lowest BCUT2D eigenvalue weighted by atomic mass is 10.1. The van der Waals surface area contributed by atoms with Crippen molar-refractivity contribution in [2.75, 3.05) is 0 Å². The highest BCUT2D eigenvalue weighted by Gasteiger charge is 2.14. The molecule has 0 fully saturated rings. The third-order valence-electron chi connectivity index (χ3n) is 3.49. The van der Waals surface area contributed by atoms with Gasteiger partial charge in [0, 0.05) is 17.0 Å². The maximum absolute atomic E-state index is 11.6. The van der Waals surface area contributed by atoms with Gasteiger partial charge >= 0.3 is 5.63 Å². The van der Waals surface area contributed by atoms with Crippen LogP contribution in [0.2, 0.25) is 0 Å². The van der Waals surface area contributed by atoms with Crippen LogP contribution in [-0.4, -0.2) is 4.98 Å². The molecule has 0 unspecified atom stereocenters. The topological polar surface area (TPSA) is 56.2 Å². The number of hydrogen-bond acceptors (Lipinski definition) is 4. The number of aryl methyl sites for hydroxylation is 1. The van der Waals surface area contributed by atoms with Crippen molar-refractivity contribution in [3.8, 4) is 11.5 Å². The van der Waals surface area contributed by atoms with Crippen molar-refractivity contribution in [1.82, 2.24) is 4.98 Å². The summed E-state index contributed by atoms with van der Waals surface area (Å²) in [6.45, 7) is 1.87. The summed E-state index contributed by atoms with van der Waals surface area (Å²) in [4.78, 5) is 16.1. The van der Waals surface area contributed by atoms with Gasteiger partial charge in [0.1, 0.15) is 5.52 Å². The average molecular weight is 277 g/mol. The van der Waals surface area contributed by atoms with Gasteiger partial charge in [0.2, 0.25) is 5.89 Å². The molecular formula is C17H11NO3. The van der Waals surface area contributed by atoms with Crippen LogP contribution >= 0.6 is 0 Å². The van der Waals surface area contributed by atoms with Gasteiger partial charge in [-0.1, -0.05) is 18.2 Å². The van der Waals surface area contributed by atoms with Crippen molar-refractivity contribution in [3.63, 3.8) is 0 Å². The quantitative estimate of drug-likeness (QED) is 0.495. The molecule has 0 radical (unpaired) electrons. The maximum Gasteiger partial charge on any atom is 0.336 e. The van der Waals surface area contributed by atoms with E-state index in [1.54, 1.807) is 0 Å². The summed E-state index contributed by atoms with van der Waals surface area (Å²) in [6, 6.07) is 14.9. The van der Waals surface area contributed by atoms with Crippen LogP contribution in [0.4, 0.5) is 0 Å². The summed E-state index contributed by atoms with van der Waals surface area (Å²) in [7, 11) is 0. The van der Waals surface area contributed by atoms with Crippen LogP contribution < -0.4 is 5.63 Å². The fourth-order valence-electron chi connectivity index (χ4n) is 2.47. The van der Waals surface area contributed by atoms with E-state index in [9.17, 15) is 4.79 Å². The molecule has 0 bridgehead atoms. The van der Waals surface area contributed by atoms with Gasteiger partial charge < -0.3 is 8.83 Å². The number of hydrogen-bond donors (Lipinski definition) is 0. The minimum atomic E-state index is -0.384. The predicted octanol–water partition coefficient (Wildman–Crippen LogP) is 3.91. The first kappa shape index (κ1) is 11.9. The van der Waals surface area contributed by atoms with Gasteiger partial charge in [-0.2, -0.15) is 0 Å². The van der Waals surface area contributed by atoms with Crippen molar-refractivity contribution in [1.29, 1.82) is 0 Å². The Morgan fingerprint density at radius 1 is 0.952 bits per heavy atom. The van der Waals surface area contributed by atoms with E-state index >= 15 is 0 Å². The van der Waals surface area contributed by atoms with Crippen molar-refractivity contribution >= 4 is 22.1 Å². The monoisotopic (exact) mass is 277 g/mol. The highest BCUT2D eigenvalue weighted by molar-refractivity contribution is 6.00. The summed E-state index contributed by atoms with van der Waals surface area (Å²) in [5, 5.41) is 0.859. The Hall–Kier alpha value is -2.88. The number of oxazole rings is 1. The van der Waals surface area contributed by atoms with E-state index in [1.165, 1.54) is 6.07 Å². The Bertz CT molecular complexity index is 1010. The first-order chi connectivity index (χ1) is 10.2. The first-order valence-electron chi connectivity index (χ1n) is 6.62. The second-order valence-corrected chi connectivity index (χ2v) is 4.92. The third kappa shape index (κ3) is 1.84. The van der Waals surface area contributed by atoms with Gasteiger partial charge in [0.05, 0.1) is 0 Å². The lowest BCUT2D eigenvalue weighted by molar-refractivity contribution is 0.547. The van der Waals surface area contributed by atoms with Gasteiger partial charge in [0.25, 0.3) is 0 Å². The zero-order valence-corrected chi connectivity index (χ0v) is 11.3. The summed E-state index contributed by atoms with van der Waals surface area (Å²) in [5.41, 5.74) is 3.00. The van der Waals surface area contributed by atoms with E-state index in [1.807, 2.05) is 49.4 Å². The third-order valence-corrected chi connectivity index (χ3v) is 3.49. The van der Waals surface area contributed by atoms with Crippen LogP contribution in [0.1, 0.15) is 5.56 Å². The van der Waals surface area contributed by atoms with Crippen LogP contribution in [-0.2, 0) is 0 Å². The minimum absolute atomic E-state index is 0.384. The summed E-state index contributed by atoms with van der Waals surface area (Å²) in [6.07, 6.45) is 0. The normalized spacial score (nSPS) is 11.3. The summed E-state index contributed by atoms with van der Waals surface area (Å²) in [5.74, 6) is 0.516. The van der Waals surface area contributed by atoms with E-state index in [-0.39, 0.29) is 5.63 Å². The molecule has 0 spiro atoms. The molecule has 4 heteroatoms. The fraction of sp³-hybridized carbons (Fsp3) is 0.0588. The molecule has 0 saturated carbocycles. The molecule has 0 saturated heterocycles. The highest BCUT2D eigenvalue weighted by atomic mass is 16.4. The molecule has 4 nitrogen and oxygen atoms in total. The van der Waals surface area contributed by atoms with Crippen molar-refractivity contribution < 1.29 is 8.83 Å². The van der Waals surface area contributed by atoms with E-state index in [0.717, 1.165) is 16.5 Å². The summed E-state index contributed by atoms with van der Waals surface area (Å²) >= 11 is 0. The molecule has 2 aromatic carbocycles. The zero-order chi connectivity index (χ0) is 14.4. The van der Waals surface area contributed by atoms with E-state index in [4.69, 9.17) is 8.83 Å².